The predicted molar refractivity (Wildman–Crippen MR) is 57.5 cm³/mol. The number of piperidine rings is 1. The van der Waals surface area contributed by atoms with Crippen molar-refractivity contribution in [2.24, 2.45) is 0 Å². The molecule has 1 heterocycles. The van der Waals surface area contributed by atoms with Crippen LogP contribution in [-0.2, 0) is 4.79 Å². The normalized spacial score (nSPS) is 21.8. The first kappa shape index (κ1) is 11.8. The molecule has 1 atom stereocenters. The van der Waals surface area contributed by atoms with Gasteiger partial charge < -0.3 is 16.0 Å². The van der Waals surface area contributed by atoms with Crippen molar-refractivity contribution >= 4 is 11.9 Å². The number of hydrogen-bond donors (Lipinski definition) is 3. The van der Waals surface area contributed by atoms with Crippen molar-refractivity contribution in [2.75, 3.05) is 6.54 Å². The molecule has 86 valence electrons. The number of carbonyl (C=O) groups excluding carboxylic acids is 2. The molecule has 3 N–H and O–H groups in total. The van der Waals surface area contributed by atoms with E-state index in [0.717, 1.165) is 6.42 Å². The van der Waals surface area contributed by atoms with Crippen LogP contribution in [0.1, 0.15) is 33.6 Å². The zero-order valence-corrected chi connectivity index (χ0v) is 9.52. The summed E-state index contributed by atoms with van der Waals surface area (Å²) in [5.41, 5.74) is -0.283. The van der Waals surface area contributed by atoms with Gasteiger partial charge in [-0.3, -0.25) is 4.79 Å². The number of nitrogens with one attached hydrogen (secondary N) is 3. The van der Waals surface area contributed by atoms with Gasteiger partial charge in [-0.15, -0.1) is 0 Å². The summed E-state index contributed by atoms with van der Waals surface area (Å²) >= 11 is 0. The van der Waals surface area contributed by atoms with Crippen LogP contribution in [0.15, 0.2) is 0 Å². The van der Waals surface area contributed by atoms with Crippen LogP contribution in [0.5, 0.6) is 0 Å². The van der Waals surface area contributed by atoms with Crippen LogP contribution in [0.25, 0.3) is 0 Å². The first-order valence-electron chi connectivity index (χ1n) is 5.25. The molecular weight excluding hydrogens is 194 g/mol. The van der Waals surface area contributed by atoms with Gasteiger partial charge in [0.05, 0.1) is 0 Å². The molecule has 0 saturated carbocycles. The first-order chi connectivity index (χ1) is 6.88. The van der Waals surface area contributed by atoms with E-state index < -0.39 is 0 Å². The van der Waals surface area contributed by atoms with Gasteiger partial charge in [0, 0.05) is 12.1 Å². The van der Waals surface area contributed by atoms with E-state index in [-0.39, 0.29) is 23.5 Å². The second kappa shape index (κ2) is 4.51. The Labute approximate surface area is 90.0 Å². The number of carbonyl (C=O) groups is 2. The highest BCUT2D eigenvalue weighted by Crippen LogP contribution is 2.03. The third-order valence-electron chi connectivity index (χ3n) is 2.08. The van der Waals surface area contributed by atoms with Crippen molar-refractivity contribution in [1.29, 1.82) is 0 Å². The van der Waals surface area contributed by atoms with Crippen LogP contribution in [-0.4, -0.2) is 30.1 Å². The van der Waals surface area contributed by atoms with Crippen molar-refractivity contribution in [3.05, 3.63) is 0 Å². The van der Waals surface area contributed by atoms with Gasteiger partial charge >= 0.3 is 6.03 Å². The summed E-state index contributed by atoms with van der Waals surface area (Å²) in [6.07, 6.45) is 1.62. The maximum atomic E-state index is 11.5. The molecule has 1 saturated heterocycles. The maximum Gasteiger partial charge on any atom is 0.315 e. The van der Waals surface area contributed by atoms with E-state index in [1.54, 1.807) is 0 Å². The van der Waals surface area contributed by atoms with Gasteiger partial charge in [-0.2, -0.15) is 0 Å². The minimum Gasteiger partial charge on any atom is -0.354 e. The SMILES string of the molecule is CC(C)(C)NC(=O)NC1CCCNC1=O. The third kappa shape index (κ3) is 4.18. The fourth-order valence-corrected chi connectivity index (χ4v) is 1.44. The molecule has 1 aliphatic rings. The molecule has 1 rings (SSSR count). The van der Waals surface area contributed by atoms with Crippen LogP contribution in [0.3, 0.4) is 0 Å². The van der Waals surface area contributed by atoms with E-state index in [0.29, 0.717) is 13.0 Å². The second-order valence-corrected chi connectivity index (χ2v) is 4.83. The number of urea groups is 1. The molecular formula is C10H19N3O2. The molecule has 0 aromatic rings. The molecule has 15 heavy (non-hydrogen) atoms. The van der Waals surface area contributed by atoms with Gasteiger partial charge in [-0.1, -0.05) is 0 Å². The molecule has 0 aromatic carbocycles. The summed E-state index contributed by atoms with van der Waals surface area (Å²) < 4.78 is 0. The summed E-state index contributed by atoms with van der Waals surface area (Å²) in [5, 5.41) is 8.14. The quantitative estimate of drug-likeness (QED) is 0.588. The minimum atomic E-state index is -0.388. The van der Waals surface area contributed by atoms with Gasteiger partial charge in [-0.05, 0) is 33.6 Å². The maximum absolute atomic E-state index is 11.5. The van der Waals surface area contributed by atoms with Gasteiger partial charge in [0.2, 0.25) is 5.91 Å². The lowest BCUT2D eigenvalue weighted by Crippen LogP contribution is -2.55. The molecule has 3 amide bonds. The van der Waals surface area contributed by atoms with Crippen molar-refractivity contribution in [3.63, 3.8) is 0 Å². The van der Waals surface area contributed by atoms with Crippen LogP contribution in [0.4, 0.5) is 4.79 Å². The van der Waals surface area contributed by atoms with Crippen LogP contribution >= 0.6 is 0 Å². The highest BCUT2D eigenvalue weighted by Gasteiger charge is 2.24. The van der Waals surface area contributed by atoms with Gasteiger partial charge in [-0.25, -0.2) is 4.79 Å². The number of hydrogen-bond acceptors (Lipinski definition) is 2. The van der Waals surface area contributed by atoms with E-state index in [1.165, 1.54) is 0 Å². The fourth-order valence-electron chi connectivity index (χ4n) is 1.44. The Morgan fingerprint density at radius 1 is 1.47 bits per heavy atom. The third-order valence-corrected chi connectivity index (χ3v) is 2.08. The highest BCUT2D eigenvalue weighted by molar-refractivity contribution is 5.87. The fraction of sp³-hybridized carbons (Fsp3) is 0.800. The second-order valence-electron chi connectivity index (χ2n) is 4.83. The molecule has 0 radical (unpaired) electrons. The summed E-state index contributed by atoms with van der Waals surface area (Å²) in [4.78, 5) is 22.8. The summed E-state index contributed by atoms with van der Waals surface area (Å²) in [6, 6.07) is -0.675. The van der Waals surface area contributed by atoms with Crippen LogP contribution in [0.2, 0.25) is 0 Å². The molecule has 0 aliphatic carbocycles. The summed E-state index contributed by atoms with van der Waals surface area (Å²) in [6.45, 7) is 6.40. The predicted octanol–water partition coefficient (Wildman–Crippen LogP) is 0.363. The average Bonchev–Trinajstić information content (AvgIpc) is 2.05. The smallest absolute Gasteiger partial charge is 0.315 e. The Bertz CT molecular complexity index is 258. The molecule has 5 heteroatoms. The van der Waals surface area contributed by atoms with Crippen LogP contribution in [0, 0.1) is 0 Å². The molecule has 1 fully saturated rings. The Balaban J connectivity index is 2.40. The van der Waals surface area contributed by atoms with E-state index in [4.69, 9.17) is 0 Å². The summed E-state index contributed by atoms with van der Waals surface area (Å²) in [5.74, 6) is -0.0923. The van der Waals surface area contributed by atoms with Crippen molar-refractivity contribution in [1.82, 2.24) is 16.0 Å². The van der Waals surface area contributed by atoms with Gasteiger partial charge in [0.1, 0.15) is 6.04 Å². The summed E-state index contributed by atoms with van der Waals surface area (Å²) in [7, 11) is 0. The minimum absolute atomic E-state index is 0.0923. The van der Waals surface area contributed by atoms with Crippen molar-refractivity contribution < 1.29 is 9.59 Å². The zero-order valence-electron chi connectivity index (χ0n) is 9.52. The molecule has 0 spiro atoms. The Morgan fingerprint density at radius 3 is 2.67 bits per heavy atom. The Hall–Kier alpha value is -1.26. The molecule has 1 aliphatic heterocycles. The average molecular weight is 213 g/mol. The zero-order chi connectivity index (χ0) is 11.5. The van der Waals surface area contributed by atoms with Crippen molar-refractivity contribution in [2.45, 2.75) is 45.2 Å². The highest BCUT2D eigenvalue weighted by atomic mass is 16.2. The monoisotopic (exact) mass is 213 g/mol. The van der Waals surface area contributed by atoms with E-state index >= 15 is 0 Å². The topological polar surface area (TPSA) is 70.2 Å². The molecule has 0 bridgehead atoms. The lowest BCUT2D eigenvalue weighted by Gasteiger charge is -2.26. The van der Waals surface area contributed by atoms with Gasteiger partial charge in [0.25, 0.3) is 0 Å². The largest absolute Gasteiger partial charge is 0.354 e. The molecule has 0 aromatic heterocycles. The van der Waals surface area contributed by atoms with E-state index in [9.17, 15) is 9.59 Å². The van der Waals surface area contributed by atoms with E-state index in [1.807, 2.05) is 20.8 Å². The molecule has 1 unspecified atom stereocenters. The number of rotatable bonds is 1. The van der Waals surface area contributed by atoms with Gasteiger partial charge in [0.15, 0.2) is 0 Å². The molecule has 5 nitrogen and oxygen atoms in total. The Kier molecular flexibility index (Phi) is 3.55. The number of amides is 3. The van der Waals surface area contributed by atoms with Crippen molar-refractivity contribution in [3.8, 4) is 0 Å². The van der Waals surface area contributed by atoms with E-state index in [2.05, 4.69) is 16.0 Å². The lowest BCUT2D eigenvalue weighted by molar-refractivity contribution is -0.124. The first-order valence-corrected chi connectivity index (χ1v) is 5.25. The lowest BCUT2D eigenvalue weighted by atomic mass is 10.1. The standard InChI is InChI=1S/C10H19N3O2/c1-10(2,3)13-9(15)12-7-5-4-6-11-8(7)14/h7H,4-6H2,1-3H3,(H,11,14)(H2,12,13,15). The Morgan fingerprint density at radius 2 is 2.13 bits per heavy atom. The van der Waals surface area contributed by atoms with Crippen LogP contribution < -0.4 is 16.0 Å².